The topological polar surface area (TPSA) is 46.9 Å². The average molecular weight is 363 g/mol. The lowest BCUT2D eigenvalue weighted by Crippen LogP contribution is -2.20. The minimum absolute atomic E-state index is 0.00618. The van der Waals surface area contributed by atoms with Gasteiger partial charge in [0.25, 0.3) is 5.91 Å². The molecule has 1 heterocycles. The number of hydrogen-bond donors (Lipinski definition) is 1. The number of carbonyl (C=O) groups excluding carboxylic acids is 1. The molecular weight excluding hydrogens is 350 g/mol. The van der Waals surface area contributed by atoms with Crippen LogP contribution in [0.15, 0.2) is 54.7 Å². The summed E-state index contributed by atoms with van der Waals surface area (Å²) in [4.78, 5) is 12.4. The summed E-state index contributed by atoms with van der Waals surface area (Å²) in [5, 5.41) is 6.11. The molecule has 4 nitrogen and oxygen atoms in total. The quantitative estimate of drug-likeness (QED) is 0.692. The molecule has 0 aliphatic rings. The number of rotatable bonds is 3. The van der Waals surface area contributed by atoms with Crippen LogP contribution >= 0.6 is 0 Å². The zero-order valence-corrected chi connectivity index (χ0v) is 13.5. The zero-order valence-electron chi connectivity index (χ0n) is 13.5. The fourth-order valence-corrected chi connectivity index (χ4v) is 2.49. The largest absolute Gasteiger partial charge is 0.434 e. The van der Waals surface area contributed by atoms with Gasteiger partial charge in [0, 0.05) is 5.69 Å². The second-order valence-electron chi connectivity index (χ2n) is 5.62. The molecule has 0 atom stereocenters. The number of nitrogens with one attached hydrogen (secondary N) is 1. The van der Waals surface area contributed by atoms with Crippen LogP contribution in [-0.4, -0.2) is 15.7 Å². The Balaban J connectivity index is 2.02. The number of benzene rings is 2. The minimum Gasteiger partial charge on any atom is -0.322 e. The van der Waals surface area contributed by atoms with Crippen LogP contribution in [0.4, 0.5) is 23.2 Å². The fraction of sp³-hybridized carbons (Fsp3) is 0.111. The Morgan fingerprint density at radius 3 is 2.42 bits per heavy atom. The molecule has 0 fully saturated rings. The van der Waals surface area contributed by atoms with E-state index in [1.807, 2.05) is 0 Å². The highest BCUT2D eigenvalue weighted by Gasteiger charge is 2.40. The highest BCUT2D eigenvalue weighted by molar-refractivity contribution is 6.05. The Morgan fingerprint density at radius 2 is 1.81 bits per heavy atom. The third-order valence-electron chi connectivity index (χ3n) is 3.63. The Hall–Kier alpha value is -3.16. The first-order valence-corrected chi connectivity index (χ1v) is 7.55. The van der Waals surface area contributed by atoms with Gasteiger partial charge in [-0.3, -0.25) is 4.79 Å². The number of anilines is 1. The number of hydrogen-bond acceptors (Lipinski definition) is 2. The summed E-state index contributed by atoms with van der Waals surface area (Å²) in [5.74, 6) is -1.52. The third kappa shape index (κ3) is 3.58. The van der Waals surface area contributed by atoms with Crippen LogP contribution in [0.5, 0.6) is 0 Å². The zero-order chi connectivity index (χ0) is 18.9. The fourth-order valence-electron chi connectivity index (χ4n) is 2.49. The van der Waals surface area contributed by atoms with Crippen molar-refractivity contribution in [2.75, 3.05) is 5.32 Å². The van der Waals surface area contributed by atoms with Crippen LogP contribution in [0.1, 0.15) is 21.6 Å². The number of aryl methyl sites for hydroxylation is 1. The number of aromatic nitrogens is 2. The average Bonchev–Trinajstić information content (AvgIpc) is 3.01. The molecule has 26 heavy (non-hydrogen) atoms. The Bertz CT molecular complexity index is 946. The smallest absolute Gasteiger partial charge is 0.322 e. The summed E-state index contributed by atoms with van der Waals surface area (Å²) in [6.45, 7) is 1.80. The molecule has 0 saturated carbocycles. The summed E-state index contributed by atoms with van der Waals surface area (Å²) in [6.07, 6.45) is -3.98. The monoisotopic (exact) mass is 363 g/mol. The van der Waals surface area contributed by atoms with Gasteiger partial charge in [0.2, 0.25) is 0 Å². The molecule has 0 spiro atoms. The summed E-state index contributed by atoms with van der Waals surface area (Å²) in [5.41, 5.74) is -0.635. The number of nitrogens with zero attached hydrogens (tertiary/aromatic N) is 2. The highest BCUT2D eigenvalue weighted by Crippen LogP contribution is 2.34. The molecule has 0 bridgehead atoms. The molecule has 0 aliphatic heterocycles. The lowest BCUT2D eigenvalue weighted by molar-refractivity contribution is -0.143. The highest BCUT2D eigenvalue weighted by atomic mass is 19.4. The van der Waals surface area contributed by atoms with Crippen LogP contribution in [0, 0.1) is 12.7 Å². The molecule has 1 amide bonds. The van der Waals surface area contributed by atoms with E-state index in [0.717, 1.165) is 36.0 Å². The van der Waals surface area contributed by atoms with Crippen molar-refractivity contribution >= 4 is 11.6 Å². The lowest BCUT2D eigenvalue weighted by atomic mass is 10.2. The van der Waals surface area contributed by atoms with Crippen molar-refractivity contribution in [2.45, 2.75) is 13.1 Å². The van der Waals surface area contributed by atoms with Crippen LogP contribution in [0.3, 0.4) is 0 Å². The van der Waals surface area contributed by atoms with Gasteiger partial charge in [0.05, 0.1) is 17.4 Å². The molecule has 0 unspecified atom stereocenters. The number of amides is 1. The van der Waals surface area contributed by atoms with Gasteiger partial charge in [-0.25, -0.2) is 9.07 Å². The van der Waals surface area contributed by atoms with Crippen LogP contribution in [0.2, 0.25) is 0 Å². The van der Waals surface area contributed by atoms with Crippen molar-refractivity contribution in [1.82, 2.24) is 9.78 Å². The van der Waals surface area contributed by atoms with E-state index in [4.69, 9.17) is 0 Å². The van der Waals surface area contributed by atoms with E-state index in [9.17, 15) is 22.4 Å². The Labute approximate surface area is 146 Å². The maximum Gasteiger partial charge on any atom is 0.434 e. The van der Waals surface area contributed by atoms with Crippen LogP contribution in [0.25, 0.3) is 5.69 Å². The van der Waals surface area contributed by atoms with E-state index < -0.39 is 29.2 Å². The summed E-state index contributed by atoms with van der Waals surface area (Å²) in [7, 11) is 0. The first kappa shape index (κ1) is 17.7. The van der Waals surface area contributed by atoms with Gasteiger partial charge < -0.3 is 5.32 Å². The van der Waals surface area contributed by atoms with Gasteiger partial charge in [0.1, 0.15) is 5.82 Å². The molecule has 134 valence electrons. The lowest BCUT2D eigenvalue weighted by Gasteiger charge is -2.13. The van der Waals surface area contributed by atoms with Crippen molar-refractivity contribution in [3.8, 4) is 5.69 Å². The van der Waals surface area contributed by atoms with Gasteiger partial charge in [-0.1, -0.05) is 12.1 Å². The van der Waals surface area contributed by atoms with Gasteiger partial charge >= 0.3 is 6.18 Å². The molecule has 3 rings (SSSR count). The maximum atomic E-state index is 13.6. The van der Waals surface area contributed by atoms with Crippen molar-refractivity contribution in [3.63, 3.8) is 0 Å². The molecule has 0 aliphatic carbocycles. The normalized spacial score (nSPS) is 11.4. The molecule has 8 heteroatoms. The third-order valence-corrected chi connectivity index (χ3v) is 3.63. The predicted molar refractivity (Wildman–Crippen MR) is 87.7 cm³/mol. The minimum atomic E-state index is -4.83. The van der Waals surface area contributed by atoms with Gasteiger partial charge in [-0.15, -0.1) is 0 Å². The van der Waals surface area contributed by atoms with Crippen molar-refractivity contribution in [2.24, 2.45) is 0 Å². The molecular formula is C18H13F4N3O. The van der Waals surface area contributed by atoms with E-state index in [0.29, 0.717) is 10.4 Å². The molecule has 3 aromatic rings. The molecule has 0 radical (unpaired) electrons. The standard InChI is InChI=1S/C18H13F4N3O/c1-11-3-2-4-13(9-11)24-17(26)15-10-23-25(16(15)18(20,21)22)14-7-5-12(19)6-8-14/h2-10H,1H3,(H,24,26). The first-order valence-electron chi connectivity index (χ1n) is 7.55. The van der Waals surface area contributed by atoms with Crippen LogP contribution in [-0.2, 0) is 6.18 Å². The summed E-state index contributed by atoms with van der Waals surface area (Å²) >= 11 is 0. The van der Waals surface area contributed by atoms with Crippen molar-refractivity contribution in [3.05, 3.63) is 77.4 Å². The van der Waals surface area contributed by atoms with E-state index in [1.165, 1.54) is 0 Å². The van der Waals surface area contributed by atoms with Crippen molar-refractivity contribution < 1.29 is 22.4 Å². The number of carbonyl (C=O) groups is 1. The van der Waals surface area contributed by atoms with Crippen molar-refractivity contribution in [1.29, 1.82) is 0 Å². The molecule has 1 aromatic heterocycles. The van der Waals surface area contributed by atoms with Crippen LogP contribution < -0.4 is 5.32 Å². The number of halogens is 4. The van der Waals surface area contributed by atoms with E-state index in [2.05, 4.69) is 10.4 Å². The second-order valence-corrected chi connectivity index (χ2v) is 5.62. The molecule has 2 aromatic carbocycles. The maximum absolute atomic E-state index is 13.6. The summed E-state index contributed by atoms with van der Waals surface area (Å²) < 4.78 is 54.3. The SMILES string of the molecule is Cc1cccc(NC(=O)c2cnn(-c3ccc(F)cc3)c2C(F)(F)F)c1. The Morgan fingerprint density at radius 1 is 1.12 bits per heavy atom. The second kappa shape index (κ2) is 6.62. The Kier molecular flexibility index (Phi) is 4.50. The van der Waals surface area contributed by atoms with E-state index in [1.54, 1.807) is 31.2 Å². The van der Waals surface area contributed by atoms with E-state index in [-0.39, 0.29) is 5.69 Å². The summed E-state index contributed by atoms with van der Waals surface area (Å²) in [6, 6.07) is 11.0. The van der Waals surface area contributed by atoms with Gasteiger partial charge in [-0.2, -0.15) is 18.3 Å². The van der Waals surface area contributed by atoms with Gasteiger partial charge in [-0.05, 0) is 48.9 Å². The molecule has 0 saturated heterocycles. The predicted octanol–water partition coefficient (Wildman–Crippen LogP) is 4.59. The molecule has 1 N–H and O–H groups in total. The first-order chi connectivity index (χ1) is 12.3. The van der Waals surface area contributed by atoms with Gasteiger partial charge in [0.15, 0.2) is 5.69 Å². The number of alkyl halides is 3. The van der Waals surface area contributed by atoms with E-state index >= 15 is 0 Å².